The Kier molecular flexibility index (Phi) is 3.11. The third kappa shape index (κ3) is 3.00. The molecule has 0 unspecified atom stereocenters. The highest BCUT2D eigenvalue weighted by atomic mass is 19.4. The number of rotatable bonds is 3. The van der Waals surface area contributed by atoms with Crippen molar-refractivity contribution in [3.05, 3.63) is 36.0 Å². The highest BCUT2D eigenvalue weighted by Crippen LogP contribution is 2.27. The van der Waals surface area contributed by atoms with Crippen LogP contribution in [0.25, 0.3) is 10.9 Å². The van der Waals surface area contributed by atoms with Crippen LogP contribution in [-0.2, 0) is 0 Å². The molecule has 2 rings (SSSR count). The van der Waals surface area contributed by atoms with Gasteiger partial charge >= 0.3 is 6.18 Å². The van der Waals surface area contributed by atoms with Crippen LogP contribution >= 0.6 is 0 Å². The summed E-state index contributed by atoms with van der Waals surface area (Å²) in [6, 6.07) is 6.72. The minimum absolute atomic E-state index is 0.0839. The molecule has 0 spiro atoms. The zero-order valence-corrected chi connectivity index (χ0v) is 9.09. The molecule has 1 aromatic heterocycles. The number of benzene rings is 1. The molecule has 0 aliphatic heterocycles. The molecule has 1 heterocycles. The first-order valence-corrected chi connectivity index (χ1v) is 5.35. The third-order valence-corrected chi connectivity index (χ3v) is 2.74. The minimum atomic E-state index is -4.14. The van der Waals surface area contributed by atoms with Crippen LogP contribution in [0.15, 0.2) is 30.5 Å². The highest BCUT2D eigenvalue weighted by Gasteiger charge is 2.27. The molecule has 0 aliphatic rings. The van der Waals surface area contributed by atoms with Gasteiger partial charge in [0.25, 0.3) is 0 Å². The fourth-order valence-electron chi connectivity index (χ4n) is 1.79. The molecular formula is C12H13F3N2. The molecule has 1 aromatic carbocycles. The van der Waals surface area contributed by atoms with E-state index >= 15 is 0 Å². The van der Waals surface area contributed by atoms with Crippen molar-refractivity contribution in [1.29, 1.82) is 0 Å². The van der Waals surface area contributed by atoms with Crippen molar-refractivity contribution in [2.45, 2.75) is 25.1 Å². The number of hydrogen-bond acceptors (Lipinski definition) is 1. The van der Waals surface area contributed by atoms with Gasteiger partial charge in [0.05, 0.1) is 0 Å². The first-order valence-electron chi connectivity index (χ1n) is 5.35. The lowest BCUT2D eigenvalue weighted by Gasteiger charge is -2.13. The number of aromatic amines is 1. The highest BCUT2D eigenvalue weighted by molar-refractivity contribution is 5.80. The third-order valence-electron chi connectivity index (χ3n) is 2.74. The summed E-state index contributed by atoms with van der Waals surface area (Å²) in [5.74, 6) is 0. The number of nitrogens with one attached hydrogen (secondary N) is 1. The van der Waals surface area contributed by atoms with Gasteiger partial charge in [-0.2, -0.15) is 13.2 Å². The summed E-state index contributed by atoms with van der Waals surface area (Å²) in [5.41, 5.74) is 7.44. The lowest BCUT2D eigenvalue weighted by Crippen LogP contribution is -2.15. The molecule has 5 heteroatoms. The summed E-state index contributed by atoms with van der Waals surface area (Å²) in [7, 11) is 0. The second kappa shape index (κ2) is 4.41. The van der Waals surface area contributed by atoms with Crippen LogP contribution in [0, 0.1) is 0 Å². The van der Waals surface area contributed by atoms with Crippen molar-refractivity contribution in [3.63, 3.8) is 0 Å². The summed E-state index contributed by atoms with van der Waals surface area (Å²) in [6.45, 7) is 0. The Balaban J connectivity index is 2.10. The van der Waals surface area contributed by atoms with Gasteiger partial charge in [-0.05, 0) is 35.6 Å². The van der Waals surface area contributed by atoms with Gasteiger partial charge in [-0.1, -0.05) is 6.07 Å². The van der Waals surface area contributed by atoms with Gasteiger partial charge < -0.3 is 10.7 Å². The SMILES string of the molecule is N[C@@H](CCC(F)(F)F)c1ccc2[nH]ccc2c1. The average molecular weight is 242 g/mol. The van der Waals surface area contributed by atoms with Crippen molar-refractivity contribution in [2.24, 2.45) is 5.73 Å². The topological polar surface area (TPSA) is 41.8 Å². The Morgan fingerprint density at radius 2 is 2.00 bits per heavy atom. The number of alkyl halides is 3. The zero-order valence-electron chi connectivity index (χ0n) is 9.09. The molecule has 0 saturated heterocycles. The largest absolute Gasteiger partial charge is 0.389 e. The summed E-state index contributed by atoms with van der Waals surface area (Å²) < 4.78 is 36.2. The number of fused-ring (bicyclic) bond motifs is 1. The summed E-state index contributed by atoms with van der Waals surface area (Å²) >= 11 is 0. The van der Waals surface area contributed by atoms with Crippen LogP contribution in [0.4, 0.5) is 13.2 Å². The average Bonchev–Trinajstić information content (AvgIpc) is 2.71. The van der Waals surface area contributed by atoms with Crippen LogP contribution in [0.1, 0.15) is 24.4 Å². The second-order valence-corrected chi connectivity index (χ2v) is 4.08. The fraction of sp³-hybridized carbons (Fsp3) is 0.333. The minimum Gasteiger partial charge on any atom is -0.361 e. The van der Waals surface area contributed by atoms with Crippen molar-refractivity contribution in [2.75, 3.05) is 0 Å². The van der Waals surface area contributed by atoms with Gasteiger partial charge in [0.2, 0.25) is 0 Å². The number of aromatic nitrogens is 1. The van der Waals surface area contributed by atoms with E-state index in [1.54, 1.807) is 12.3 Å². The molecule has 0 radical (unpaired) electrons. The van der Waals surface area contributed by atoms with E-state index in [4.69, 9.17) is 5.73 Å². The number of hydrogen-bond donors (Lipinski definition) is 2. The van der Waals surface area contributed by atoms with E-state index in [1.807, 2.05) is 18.2 Å². The molecule has 1 atom stereocenters. The molecular weight excluding hydrogens is 229 g/mol. The zero-order chi connectivity index (χ0) is 12.5. The van der Waals surface area contributed by atoms with E-state index in [0.29, 0.717) is 0 Å². The molecule has 0 saturated carbocycles. The van der Waals surface area contributed by atoms with Crippen LogP contribution in [0.2, 0.25) is 0 Å². The van der Waals surface area contributed by atoms with Crippen LogP contribution < -0.4 is 5.73 Å². The maximum Gasteiger partial charge on any atom is 0.389 e. The Morgan fingerprint density at radius 1 is 1.24 bits per heavy atom. The van der Waals surface area contributed by atoms with Crippen molar-refractivity contribution in [3.8, 4) is 0 Å². The van der Waals surface area contributed by atoms with E-state index < -0.39 is 18.6 Å². The van der Waals surface area contributed by atoms with Crippen LogP contribution in [0.3, 0.4) is 0 Å². The van der Waals surface area contributed by atoms with Crippen LogP contribution in [-0.4, -0.2) is 11.2 Å². The standard InChI is InChI=1S/C12H13F3N2/c13-12(14,15)5-3-10(16)8-1-2-11-9(7-8)4-6-17-11/h1-2,4,6-7,10,17H,3,5,16H2/t10-/m0/s1. The lowest BCUT2D eigenvalue weighted by atomic mass is 10.0. The molecule has 3 N–H and O–H groups in total. The van der Waals surface area contributed by atoms with E-state index in [-0.39, 0.29) is 6.42 Å². The van der Waals surface area contributed by atoms with Crippen LogP contribution in [0.5, 0.6) is 0 Å². The first-order chi connectivity index (χ1) is 7.96. The van der Waals surface area contributed by atoms with Gasteiger partial charge in [0.15, 0.2) is 0 Å². The molecule has 0 amide bonds. The molecule has 17 heavy (non-hydrogen) atoms. The smallest absolute Gasteiger partial charge is 0.361 e. The second-order valence-electron chi connectivity index (χ2n) is 4.08. The Morgan fingerprint density at radius 3 is 2.71 bits per heavy atom. The van der Waals surface area contributed by atoms with Crippen molar-refractivity contribution >= 4 is 10.9 Å². The predicted octanol–water partition coefficient (Wildman–Crippen LogP) is 3.51. The molecule has 0 bridgehead atoms. The lowest BCUT2D eigenvalue weighted by molar-refractivity contribution is -0.136. The quantitative estimate of drug-likeness (QED) is 0.849. The van der Waals surface area contributed by atoms with Gasteiger partial charge in [-0.15, -0.1) is 0 Å². The monoisotopic (exact) mass is 242 g/mol. The number of halogens is 3. The van der Waals surface area contributed by atoms with E-state index in [1.165, 1.54) is 0 Å². The molecule has 0 fully saturated rings. The van der Waals surface area contributed by atoms with Crippen molar-refractivity contribution < 1.29 is 13.2 Å². The number of H-pyrrole nitrogens is 1. The van der Waals surface area contributed by atoms with E-state index in [0.717, 1.165) is 16.5 Å². The van der Waals surface area contributed by atoms with Gasteiger partial charge in [-0.3, -0.25) is 0 Å². The Labute approximate surface area is 96.6 Å². The molecule has 2 nitrogen and oxygen atoms in total. The van der Waals surface area contributed by atoms with Gasteiger partial charge in [-0.25, -0.2) is 0 Å². The normalized spacial score (nSPS) is 14.1. The fourth-order valence-corrected chi connectivity index (χ4v) is 1.79. The van der Waals surface area contributed by atoms with Gasteiger partial charge in [0.1, 0.15) is 0 Å². The van der Waals surface area contributed by atoms with Crippen molar-refractivity contribution in [1.82, 2.24) is 4.98 Å². The maximum atomic E-state index is 12.1. The van der Waals surface area contributed by atoms with E-state index in [9.17, 15) is 13.2 Å². The maximum absolute atomic E-state index is 12.1. The van der Waals surface area contributed by atoms with Gasteiger partial charge in [0, 0.05) is 24.2 Å². The molecule has 0 aliphatic carbocycles. The molecule has 92 valence electrons. The Bertz CT molecular complexity index is 502. The van der Waals surface area contributed by atoms with E-state index in [2.05, 4.69) is 4.98 Å². The predicted molar refractivity (Wildman–Crippen MR) is 60.5 cm³/mol. The first kappa shape index (κ1) is 12.0. The summed E-state index contributed by atoms with van der Waals surface area (Å²) in [5, 5.41) is 0.963. The summed E-state index contributed by atoms with van der Waals surface area (Å²) in [4.78, 5) is 3.02. The number of nitrogens with two attached hydrogens (primary N) is 1. The summed E-state index contributed by atoms with van der Waals surface area (Å²) in [6.07, 6.45) is -3.29. The molecule has 2 aromatic rings. The Hall–Kier alpha value is -1.49.